The molecule has 0 aromatic carbocycles. The SMILES string of the molecule is O=C(NCCn1ccnc1)OCC(F)(F)F. The molecule has 0 fully saturated rings. The molecule has 0 radical (unpaired) electrons. The molecule has 1 N–H and O–H groups in total. The third-order valence-corrected chi connectivity index (χ3v) is 1.57. The molecule has 0 bridgehead atoms. The Kier molecular flexibility index (Phi) is 4.15. The third kappa shape index (κ3) is 5.23. The summed E-state index contributed by atoms with van der Waals surface area (Å²) in [7, 11) is 0. The molecule has 0 spiro atoms. The van der Waals surface area contributed by atoms with E-state index in [-0.39, 0.29) is 6.54 Å². The van der Waals surface area contributed by atoms with E-state index < -0.39 is 18.9 Å². The number of hydrogen-bond donors (Lipinski definition) is 1. The molecule has 0 aliphatic rings. The van der Waals surface area contributed by atoms with Crippen LogP contribution in [0.3, 0.4) is 0 Å². The van der Waals surface area contributed by atoms with Gasteiger partial charge in [-0.15, -0.1) is 0 Å². The first-order valence-electron chi connectivity index (χ1n) is 4.40. The molecule has 1 aromatic rings. The van der Waals surface area contributed by atoms with E-state index in [4.69, 9.17) is 0 Å². The lowest BCUT2D eigenvalue weighted by atomic mass is 10.6. The second-order valence-corrected chi connectivity index (χ2v) is 2.92. The number of alkyl carbamates (subject to hydrolysis) is 1. The van der Waals surface area contributed by atoms with Crippen LogP contribution in [0.5, 0.6) is 0 Å². The van der Waals surface area contributed by atoms with Crippen molar-refractivity contribution in [2.75, 3.05) is 13.2 Å². The van der Waals surface area contributed by atoms with Crippen LogP contribution in [0.4, 0.5) is 18.0 Å². The molecule has 0 saturated carbocycles. The molecular weight excluding hydrogens is 227 g/mol. The van der Waals surface area contributed by atoms with E-state index in [0.717, 1.165) is 0 Å². The Balaban J connectivity index is 2.11. The van der Waals surface area contributed by atoms with Crippen LogP contribution >= 0.6 is 0 Å². The highest BCUT2D eigenvalue weighted by atomic mass is 19.4. The van der Waals surface area contributed by atoms with Crippen LogP contribution in [0.2, 0.25) is 0 Å². The summed E-state index contributed by atoms with van der Waals surface area (Å²) in [5, 5.41) is 2.18. The van der Waals surface area contributed by atoms with Crippen molar-refractivity contribution in [2.24, 2.45) is 0 Å². The number of carbonyl (C=O) groups is 1. The van der Waals surface area contributed by atoms with Gasteiger partial charge in [-0.05, 0) is 0 Å². The van der Waals surface area contributed by atoms with Crippen molar-refractivity contribution in [3.05, 3.63) is 18.7 Å². The maximum Gasteiger partial charge on any atom is 0.422 e. The normalized spacial score (nSPS) is 11.2. The summed E-state index contributed by atoms with van der Waals surface area (Å²) in [6.45, 7) is -0.988. The van der Waals surface area contributed by atoms with Crippen LogP contribution in [-0.4, -0.2) is 35.0 Å². The lowest BCUT2D eigenvalue weighted by Crippen LogP contribution is -2.31. The Hall–Kier alpha value is -1.73. The second kappa shape index (κ2) is 5.38. The predicted molar refractivity (Wildman–Crippen MR) is 47.6 cm³/mol. The fraction of sp³-hybridized carbons (Fsp3) is 0.500. The molecular formula is C8H10F3N3O2. The number of ether oxygens (including phenoxy) is 1. The lowest BCUT2D eigenvalue weighted by Gasteiger charge is -2.09. The highest BCUT2D eigenvalue weighted by Crippen LogP contribution is 2.14. The van der Waals surface area contributed by atoms with Crippen molar-refractivity contribution in [1.82, 2.24) is 14.9 Å². The first-order valence-corrected chi connectivity index (χ1v) is 4.40. The number of nitrogens with one attached hydrogen (secondary N) is 1. The zero-order chi connectivity index (χ0) is 12.0. The monoisotopic (exact) mass is 237 g/mol. The van der Waals surface area contributed by atoms with Gasteiger partial charge in [0.1, 0.15) is 0 Å². The van der Waals surface area contributed by atoms with E-state index in [2.05, 4.69) is 15.0 Å². The van der Waals surface area contributed by atoms with E-state index in [1.54, 1.807) is 17.0 Å². The van der Waals surface area contributed by atoms with Gasteiger partial charge < -0.3 is 14.6 Å². The van der Waals surface area contributed by atoms with Crippen molar-refractivity contribution in [3.63, 3.8) is 0 Å². The number of nitrogens with zero attached hydrogens (tertiary/aromatic N) is 2. The number of aromatic nitrogens is 2. The molecule has 90 valence electrons. The van der Waals surface area contributed by atoms with Crippen LogP contribution in [0.25, 0.3) is 0 Å². The van der Waals surface area contributed by atoms with Crippen molar-refractivity contribution < 1.29 is 22.7 Å². The first-order chi connectivity index (χ1) is 7.47. The average molecular weight is 237 g/mol. The average Bonchev–Trinajstić information content (AvgIpc) is 2.66. The minimum absolute atomic E-state index is 0.174. The van der Waals surface area contributed by atoms with E-state index >= 15 is 0 Å². The summed E-state index contributed by atoms with van der Waals surface area (Å²) >= 11 is 0. The third-order valence-electron chi connectivity index (χ3n) is 1.57. The fourth-order valence-electron chi connectivity index (χ4n) is 0.904. The summed E-state index contributed by atoms with van der Waals surface area (Å²) in [5.74, 6) is 0. The quantitative estimate of drug-likeness (QED) is 0.855. The number of halogens is 3. The van der Waals surface area contributed by atoms with Gasteiger partial charge in [0.05, 0.1) is 6.33 Å². The molecule has 16 heavy (non-hydrogen) atoms. The summed E-state index contributed by atoms with van der Waals surface area (Å²) in [5.41, 5.74) is 0. The van der Waals surface area contributed by atoms with Gasteiger partial charge in [0.15, 0.2) is 6.61 Å². The maximum atomic E-state index is 11.6. The molecule has 0 unspecified atom stereocenters. The molecule has 5 nitrogen and oxygen atoms in total. The van der Waals surface area contributed by atoms with Crippen LogP contribution in [0.15, 0.2) is 18.7 Å². The van der Waals surface area contributed by atoms with Crippen LogP contribution in [0, 0.1) is 0 Å². The Morgan fingerprint density at radius 3 is 2.81 bits per heavy atom. The van der Waals surface area contributed by atoms with E-state index in [1.165, 1.54) is 6.33 Å². The Labute approximate surface area is 89.2 Å². The Morgan fingerprint density at radius 1 is 1.50 bits per heavy atom. The topological polar surface area (TPSA) is 56.2 Å². The zero-order valence-corrected chi connectivity index (χ0v) is 8.20. The minimum Gasteiger partial charge on any atom is -0.440 e. The Morgan fingerprint density at radius 2 is 2.25 bits per heavy atom. The van der Waals surface area contributed by atoms with Gasteiger partial charge in [0, 0.05) is 25.5 Å². The number of amides is 1. The lowest BCUT2D eigenvalue weighted by molar-refractivity contribution is -0.160. The molecule has 0 aliphatic heterocycles. The number of hydrogen-bond acceptors (Lipinski definition) is 3. The zero-order valence-electron chi connectivity index (χ0n) is 8.20. The molecule has 1 amide bonds. The maximum absolute atomic E-state index is 11.6. The van der Waals surface area contributed by atoms with Crippen LogP contribution < -0.4 is 5.32 Å². The van der Waals surface area contributed by atoms with Crippen molar-refractivity contribution >= 4 is 6.09 Å². The summed E-state index contributed by atoms with van der Waals surface area (Å²) in [6.07, 6.45) is -0.827. The van der Waals surface area contributed by atoms with Gasteiger partial charge in [0.25, 0.3) is 0 Å². The summed E-state index contributed by atoms with van der Waals surface area (Å²) in [4.78, 5) is 14.5. The van der Waals surface area contributed by atoms with Crippen LogP contribution in [0.1, 0.15) is 0 Å². The van der Waals surface area contributed by atoms with Gasteiger partial charge in [0.2, 0.25) is 0 Å². The standard InChI is InChI=1S/C8H10F3N3O2/c9-8(10,11)5-16-7(15)13-2-4-14-3-1-12-6-14/h1,3,6H,2,4-5H2,(H,13,15). The van der Waals surface area contributed by atoms with Crippen LogP contribution in [-0.2, 0) is 11.3 Å². The molecule has 0 saturated heterocycles. The largest absolute Gasteiger partial charge is 0.440 e. The van der Waals surface area contributed by atoms with Gasteiger partial charge in [-0.2, -0.15) is 13.2 Å². The fourth-order valence-corrected chi connectivity index (χ4v) is 0.904. The van der Waals surface area contributed by atoms with E-state index in [1.807, 2.05) is 0 Å². The summed E-state index contributed by atoms with van der Waals surface area (Å²) in [6, 6.07) is 0. The Bertz CT molecular complexity index is 324. The first kappa shape index (κ1) is 12.3. The van der Waals surface area contributed by atoms with E-state index in [9.17, 15) is 18.0 Å². The van der Waals surface area contributed by atoms with Crippen molar-refractivity contribution in [1.29, 1.82) is 0 Å². The van der Waals surface area contributed by atoms with Gasteiger partial charge in [-0.1, -0.05) is 0 Å². The predicted octanol–water partition coefficient (Wildman–Crippen LogP) is 1.17. The number of carbonyl (C=O) groups excluding carboxylic acids is 1. The van der Waals surface area contributed by atoms with E-state index in [0.29, 0.717) is 6.54 Å². The second-order valence-electron chi connectivity index (χ2n) is 2.92. The van der Waals surface area contributed by atoms with Gasteiger partial charge >= 0.3 is 12.3 Å². The minimum atomic E-state index is -4.50. The number of rotatable bonds is 4. The smallest absolute Gasteiger partial charge is 0.422 e. The van der Waals surface area contributed by atoms with Gasteiger partial charge in [-0.3, -0.25) is 0 Å². The molecule has 0 aliphatic carbocycles. The van der Waals surface area contributed by atoms with Crippen molar-refractivity contribution in [2.45, 2.75) is 12.7 Å². The molecule has 1 heterocycles. The highest BCUT2D eigenvalue weighted by molar-refractivity contribution is 5.67. The molecule has 8 heteroatoms. The molecule has 1 rings (SSSR count). The highest BCUT2D eigenvalue weighted by Gasteiger charge is 2.29. The van der Waals surface area contributed by atoms with Crippen molar-refractivity contribution in [3.8, 4) is 0 Å². The number of imidazole rings is 1. The number of alkyl halides is 3. The van der Waals surface area contributed by atoms with Gasteiger partial charge in [-0.25, -0.2) is 9.78 Å². The summed E-state index contributed by atoms with van der Waals surface area (Å²) < 4.78 is 40.5. The molecule has 0 atom stereocenters. The molecule has 1 aromatic heterocycles.